The van der Waals surface area contributed by atoms with Gasteiger partial charge in [0.2, 0.25) is 9.84 Å². The maximum Gasteiger partial charge on any atom is 0.206 e. The Morgan fingerprint density at radius 2 is 1.50 bits per heavy atom. The third-order valence-electron chi connectivity index (χ3n) is 11.6. The van der Waals surface area contributed by atoms with E-state index in [9.17, 15) is 8.42 Å². The molecule has 5 nitrogen and oxygen atoms in total. The molecule has 0 amide bonds. The standard InChI is InChI=1S/C44H43N3O2S/c1-4-9-29-24-35(38-27-45-23-22-41(38)46-29)28-14-18-31(19-15-28)50(48,49)32-20-16-30(17-21-32)47-42-13-8-6-11-34(42)37-25-36-33-10-5-7-12-39(33)44(2,3)40(36)26-43(37)47/h5-8,10-21,24-26,29,38,41,45-46H,4,9,22-23,27H2,1-3H3. The lowest BCUT2D eigenvalue weighted by atomic mass is 9.78. The van der Waals surface area contributed by atoms with Crippen molar-refractivity contribution in [1.29, 1.82) is 0 Å². The van der Waals surface area contributed by atoms with Crippen molar-refractivity contribution in [1.82, 2.24) is 15.2 Å². The highest BCUT2D eigenvalue weighted by atomic mass is 32.2. The summed E-state index contributed by atoms with van der Waals surface area (Å²) < 4.78 is 30.2. The molecule has 3 unspecified atom stereocenters. The molecule has 2 aliphatic heterocycles. The van der Waals surface area contributed by atoms with Crippen LogP contribution in [0.4, 0.5) is 0 Å². The van der Waals surface area contributed by atoms with E-state index in [1.54, 1.807) is 24.3 Å². The van der Waals surface area contributed by atoms with Crippen molar-refractivity contribution in [3.05, 3.63) is 132 Å². The van der Waals surface area contributed by atoms with Crippen molar-refractivity contribution in [3.63, 3.8) is 0 Å². The molecule has 9 rings (SSSR count). The van der Waals surface area contributed by atoms with Crippen LogP contribution >= 0.6 is 0 Å². The number of nitrogens with zero attached hydrogens (tertiary/aromatic N) is 1. The SMILES string of the molecule is CCCC1C=C(c2ccc(S(=O)(=O)c3ccc(-n4c5ccccc5c5cc6c(cc54)C(C)(C)c4ccccc4-6)cc3)cc2)C2CNCCC2N1. The van der Waals surface area contributed by atoms with Crippen LogP contribution in [0.2, 0.25) is 0 Å². The normalized spacial score (nSPS) is 21.1. The van der Waals surface area contributed by atoms with Crippen molar-refractivity contribution in [3.8, 4) is 16.8 Å². The number of piperidine rings is 1. The minimum Gasteiger partial charge on any atom is -0.316 e. The van der Waals surface area contributed by atoms with E-state index >= 15 is 0 Å². The van der Waals surface area contributed by atoms with Crippen LogP contribution in [0.5, 0.6) is 0 Å². The number of sulfone groups is 1. The van der Waals surface area contributed by atoms with Gasteiger partial charge in [-0.3, -0.25) is 0 Å². The van der Waals surface area contributed by atoms with Crippen LogP contribution in [-0.4, -0.2) is 38.2 Å². The number of benzene rings is 5. The van der Waals surface area contributed by atoms with Gasteiger partial charge in [0.1, 0.15) is 0 Å². The van der Waals surface area contributed by atoms with Gasteiger partial charge in [-0.25, -0.2) is 8.42 Å². The highest BCUT2D eigenvalue weighted by Gasteiger charge is 2.36. The zero-order valence-corrected chi connectivity index (χ0v) is 29.7. The molecular weight excluding hydrogens is 635 g/mol. The smallest absolute Gasteiger partial charge is 0.206 e. The first-order chi connectivity index (χ1) is 24.3. The molecular formula is C44H43N3O2S. The summed E-state index contributed by atoms with van der Waals surface area (Å²) in [5.41, 5.74) is 10.8. The van der Waals surface area contributed by atoms with Crippen LogP contribution in [0.3, 0.4) is 0 Å². The third-order valence-corrected chi connectivity index (χ3v) is 13.4. The third kappa shape index (κ3) is 4.84. The van der Waals surface area contributed by atoms with Gasteiger partial charge >= 0.3 is 0 Å². The zero-order chi connectivity index (χ0) is 34.2. The van der Waals surface area contributed by atoms with Gasteiger partial charge in [0.25, 0.3) is 0 Å². The van der Waals surface area contributed by atoms with Gasteiger partial charge in [0.15, 0.2) is 0 Å². The van der Waals surface area contributed by atoms with E-state index in [1.165, 1.54) is 38.6 Å². The highest BCUT2D eigenvalue weighted by molar-refractivity contribution is 7.91. The fourth-order valence-corrected chi connectivity index (χ4v) is 10.3. The maximum atomic E-state index is 14.0. The molecule has 1 fully saturated rings. The first-order valence-electron chi connectivity index (χ1n) is 18.1. The van der Waals surface area contributed by atoms with Crippen molar-refractivity contribution in [2.45, 2.75) is 67.3 Å². The van der Waals surface area contributed by atoms with Gasteiger partial charge < -0.3 is 15.2 Å². The average molecular weight is 678 g/mol. The molecule has 0 saturated carbocycles. The molecule has 1 saturated heterocycles. The van der Waals surface area contributed by atoms with Crippen LogP contribution in [0.25, 0.3) is 44.2 Å². The average Bonchev–Trinajstić information content (AvgIpc) is 3.58. The molecule has 6 heteroatoms. The summed E-state index contributed by atoms with van der Waals surface area (Å²) in [4.78, 5) is 0.620. The Bertz CT molecular complexity index is 2420. The first-order valence-corrected chi connectivity index (χ1v) is 19.6. The zero-order valence-electron chi connectivity index (χ0n) is 28.9. The van der Waals surface area contributed by atoms with Gasteiger partial charge in [-0.1, -0.05) is 87.9 Å². The number of aromatic nitrogens is 1. The largest absolute Gasteiger partial charge is 0.316 e. The van der Waals surface area contributed by atoms with Crippen LogP contribution in [-0.2, 0) is 15.3 Å². The van der Waals surface area contributed by atoms with Gasteiger partial charge in [-0.2, -0.15) is 0 Å². The molecule has 3 heterocycles. The monoisotopic (exact) mass is 677 g/mol. The molecule has 252 valence electrons. The lowest BCUT2D eigenvalue weighted by Crippen LogP contribution is -2.53. The minimum absolute atomic E-state index is 0.120. The van der Waals surface area contributed by atoms with Gasteiger partial charge in [0.05, 0.1) is 20.8 Å². The van der Waals surface area contributed by atoms with E-state index in [-0.39, 0.29) is 5.41 Å². The van der Waals surface area contributed by atoms with E-state index in [2.05, 4.69) is 103 Å². The summed E-state index contributed by atoms with van der Waals surface area (Å²) in [6.45, 7) is 8.80. The number of hydrogen-bond acceptors (Lipinski definition) is 4. The van der Waals surface area contributed by atoms with Crippen molar-refractivity contribution in [2.24, 2.45) is 5.92 Å². The molecule has 3 atom stereocenters. The molecule has 50 heavy (non-hydrogen) atoms. The Balaban J connectivity index is 1.07. The summed E-state index contributed by atoms with van der Waals surface area (Å²) in [5, 5.41) is 9.80. The fraction of sp³-hybridized carbons (Fsp3) is 0.273. The Morgan fingerprint density at radius 3 is 2.28 bits per heavy atom. The van der Waals surface area contributed by atoms with Crippen molar-refractivity contribution < 1.29 is 8.42 Å². The second-order valence-electron chi connectivity index (χ2n) is 14.8. The Hall–Kier alpha value is -4.49. The molecule has 1 aromatic heterocycles. The topological polar surface area (TPSA) is 63.1 Å². The lowest BCUT2D eigenvalue weighted by Gasteiger charge is -2.41. The molecule has 0 bridgehead atoms. The van der Waals surface area contributed by atoms with Crippen LogP contribution in [0, 0.1) is 5.92 Å². The Labute approximate surface area is 295 Å². The fourth-order valence-electron chi connectivity index (χ4n) is 9.01. The number of nitrogens with one attached hydrogen (secondary N) is 2. The first kappa shape index (κ1) is 31.5. The molecule has 0 radical (unpaired) electrons. The minimum atomic E-state index is -3.71. The van der Waals surface area contributed by atoms with Crippen LogP contribution in [0.1, 0.15) is 56.7 Å². The quantitative estimate of drug-likeness (QED) is 0.185. The molecule has 1 aliphatic carbocycles. The second kappa shape index (κ2) is 11.8. The lowest BCUT2D eigenvalue weighted by molar-refractivity contribution is 0.296. The van der Waals surface area contributed by atoms with Crippen LogP contribution in [0.15, 0.2) is 125 Å². The maximum absolute atomic E-state index is 14.0. The Morgan fingerprint density at radius 1 is 0.780 bits per heavy atom. The van der Waals surface area contributed by atoms with Gasteiger partial charge in [-0.05, 0) is 107 Å². The molecule has 0 spiro atoms. The van der Waals surface area contributed by atoms with Gasteiger partial charge in [0, 0.05) is 46.4 Å². The van der Waals surface area contributed by atoms with Crippen LogP contribution < -0.4 is 10.6 Å². The number of rotatable bonds is 6. The number of hydrogen-bond donors (Lipinski definition) is 2. The van der Waals surface area contributed by atoms with E-state index in [1.807, 2.05) is 24.3 Å². The highest BCUT2D eigenvalue weighted by Crippen LogP contribution is 2.51. The van der Waals surface area contributed by atoms with Gasteiger partial charge in [-0.15, -0.1) is 0 Å². The summed E-state index contributed by atoms with van der Waals surface area (Å²) in [6.07, 6.45) is 5.71. The van der Waals surface area contributed by atoms with E-state index in [4.69, 9.17) is 0 Å². The molecule has 2 N–H and O–H groups in total. The van der Waals surface area contributed by atoms with E-state index < -0.39 is 9.84 Å². The van der Waals surface area contributed by atoms with E-state index in [0.29, 0.717) is 27.8 Å². The number of para-hydroxylation sites is 1. The predicted molar refractivity (Wildman–Crippen MR) is 205 cm³/mol. The molecule has 6 aromatic rings. The number of fused-ring (bicyclic) bond motifs is 7. The Kier molecular flexibility index (Phi) is 7.43. The predicted octanol–water partition coefficient (Wildman–Crippen LogP) is 9.06. The molecule has 3 aliphatic rings. The summed E-state index contributed by atoms with van der Waals surface area (Å²) in [6, 6.07) is 37.7. The van der Waals surface area contributed by atoms with Crippen molar-refractivity contribution >= 4 is 37.2 Å². The second-order valence-corrected chi connectivity index (χ2v) is 16.8. The molecule has 5 aromatic carbocycles. The summed E-state index contributed by atoms with van der Waals surface area (Å²) >= 11 is 0. The summed E-state index contributed by atoms with van der Waals surface area (Å²) in [7, 11) is -3.71. The summed E-state index contributed by atoms with van der Waals surface area (Å²) in [5.74, 6) is 0.384. The van der Waals surface area contributed by atoms with Crippen molar-refractivity contribution in [2.75, 3.05) is 13.1 Å². The van der Waals surface area contributed by atoms with E-state index in [0.717, 1.165) is 54.6 Å².